The molecule has 0 amide bonds. The maximum Gasteiger partial charge on any atom is 0.174 e. The van der Waals surface area contributed by atoms with Gasteiger partial charge < -0.3 is 9.47 Å². The normalized spacial score (nSPS) is 16.3. The highest BCUT2D eigenvalue weighted by Crippen LogP contribution is 2.37. The minimum absolute atomic E-state index is 0.139. The van der Waals surface area contributed by atoms with Crippen molar-refractivity contribution >= 4 is 11.6 Å². The number of hydrogen-bond donors (Lipinski definition) is 0. The molecule has 1 aliphatic rings. The zero-order valence-electron chi connectivity index (χ0n) is 12.5. The quantitative estimate of drug-likeness (QED) is 0.643. The van der Waals surface area contributed by atoms with Crippen LogP contribution in [-0.2, 0) is 6.42 Å². The van der Waals surface area contributed by atoms with Gasteiger partial charge in [0.2, 0.25) is 0 Å². The number of hydrogen-bond acceptors (Lipinski definition) is 4. The molecule has 0 heterocycles. The Morgan fingerprint density at radius 2 is 1.68 bits per heavy atom. The molecule has 0 spiro atoms. The number of methoxy groups -OCH3 is 2. The highest BCUT2D eigenvalue weighted by Gasteiger charge is 2.37. The zero-order chi connectivity index (χ0) is 15.7. The number of carbonyl (C=O) groups is 2. The Morgan fingerprint density at radius 3 is 2.32 bits per heavy atom. The van der Waals surface area contributed by atoms with E-state index in [2.05, 4.69) is 0 Å². The Hall–Kier alpha value is -2.62. The van der Waals surface area contributed by atoms with Crippen molar-refractivity contribution in [3.05, 3.63) is 59.2 Å². The molecule has 0 N–H and O–H groups in total. The molecule has 112 valence electrons. The summed E-state index contributed by atoms with van der Waals surface area (Å²) in [6.45, 7) is 0. The van der Waals surface area contributed by atoms with Crippen LogP contribution in [0.15, 0.2) is 42.5 Å². The van der Waals surface area contributed by atoms with Crippen LogP contribution in [0.3, 0.4) is 0 Å². The average molecular weight is 296 g/mol. The molecule has 1 atom stereocenters. The molecule has 22 heavy (non-hydrogen) atoms. The van der Waals surface area contributed by atoms with Gasteiger partial charge in [0.05, 0.1) is 20.1 Å². The monoisotopic (exact) mass is 296 g/mol. The molecule has 1 unspecified atom stereocenters. The number of carbonyl (C=O) groups excluding carboxylic acids is 2. The lowest BCUT2D eigenvalue weighted by Gasteiger charge is -2.09. The Kier molecular flexibility index (Phi) is 3.67. The van der Waals surface area contributed by atoms with Gasteiger partial charge in [-0.2, -0.15) is 0 Å². The van der Waals surface area contributed by atoms with Gasteiger partial charge in [0, 0.05) is 11.1 Å². The second-order valence-corrected chi connectivity index (χ2v) is 5.22. The van der Waals surface area contributed by atoms with E-state index in [0.29, 0.717) is 29.0 Å². The van der Waals surface area contributed by atoms with Crippen molar-refractivity contribution in [2.75, 3.05) is 14.2 Å². The molecule has 2 aromatic rings. The van der Waals surface area contributed by atoms with Gasteiger partial charge in [0.1, 0.15) is 0 Å². The molecule has 4 heteroatoms. The summed E-state index contributed by atoms with van der Waals surface area (Å²) in [7, 11) is 3.07. The van der Waals surface area contributed by atoms with Gasteiger partial charge in [-0.05, 0) is 24.1 Å². The minimum atomic E-state index is -0.658. The number of rotatable bonds is 4. The maximum absolute atomic E-state index is 12.6. The van der Waals surface area contributed by atoms with Gasteiger partial charge in [-0.15, -0.1) is 0 Å². The summed E-state index contributed by atoms with van der Waals surface area (Å²) in [4.78, 5) is 25.1. The van der Waals surface area contributed by atoms with Gasteiger partial charge in [-0.1, -0.05) is 30.3 Å². The van der Waals surface area contributed by atoms with Crippen molar-refractivity contribution in [3.63, 3.8) is 0 Å². The van der Waals surface area contributed by atoms with Crippen LogP contribution in [-0.4, -0.2) is 25.8 Å². The molecule has 0 bridgehead atoms. The summed E-state index contributed by atoms with van der Waals surface area (Å²) in [6.07, 6.45) is 0.405. The van der Waals surface area contributed by atoms with E-state index in [1.807, 2.05) is 6.07 Å². The fourth-order valence-electron chi connectivity index (χ4n) is 2.84. The Morgan fingerprint density at radius 1 is 1.05 bits per heavy atom. The molecule has 3 rings (SSSR count). The Balaban J connectivity index is 1.96. The van der Waals surface area contributed by atoms with Crippen LogP contribution in [0.1, 0.15) is 26.3 Å². The van der Waals surface area contributed by atoms with Gasteiger partial charge in [0.25, 0.3) is 0 Å². The molecule has 0 radical (unpaired) electrons. The van der Waals surface area contributed by atoms with Gasteiger partial charge in [-0.3, -0.25) is 9.59 Å². The molecule has 1 aliphatic carbocycles. The first-order valence-electron chi connectivity index (χ1n) is 7.04. The number of Topliss-reactive ketones (excluding diaryl/α,β-unsaturated/α-hetero) is 2. The summed E-state index contributed by atoms with van der Waals surface area (Å²) >= 11 is 0. The summed E-state index contributed by atoms with van der Waals surface area (Å²) in [5.41, 5.74) is 1.94. The molecule has 0 aliphatic heterocycles. The third-order valence-corrected chi connectivity index (χ3v) is 3.99. The molecule has 0 aromatic heterocycles. The SMILES string of the molecule is COc1cc2c(cc1OC)C(=O)C(C(=O)c1ccccc1)C2. The zero-order valence-corrected chi connectivity index (χ0v) is 12.5. The Labute approximate surface area is 128 Å². The van der Waals surface area contributed by atoms with E-state index in [1.165, 1.54) is 7.11 Å². The Bertz CT molecular complexity index is 734. The molecular formula is C18H16O4. The number of ketones is 2. The highest BCUT2D eigenvalue weighted by molar-refractivity contribution is 6.18. The number of fused-ring (bicyclic) bond motifs is 1. The number of ether oxygens (including phenoxy) is 2. The fourth-order valence-corrected chi connectivity index (χ4v) is 2.84. The van der Waals surface area contributed by atoms with Crippen LogP contribution in [0, 0.1) is 5.92 Å². The van der Waals surface area contributed by atoms with Crippen LogP contribution < -0.4 is 9.47 Å². The first-order chi connectivity index (χ1) is 10.7. The van der Waals surface area contributed by atoms with Crippen molar-refractivity contribution in [3.8, 4) is 11.5 Å². The second kappa shape index (κ2) is 5.64. The van der Waals surface area contributed by atoms with Gasteiger partial charge in [0.15, 0.2) is 23.1 Å². The van der Waals surface area contributed by atoms with E-state index in [1.54, 1.807) is 43.5 Å². The molecule has 0 saturated carbocycles. The van der Waals surface area contributed by atoms with Gasteiger partial charge in [-0.25, -0.2) is 0 Å². The van der Waals surface area contributed by atoms with E-state index in [0.717, 1.165) is 5.56 Å². The van der Waals surface area contributed by atoms with Crippen LogP contribution in [0.25, 0.3) is 0 Å². The predicted octanol–water partition coefficient (Wildman–Crippen LogP) is 2.94. The predicted molar refractivity (Wildman–Crippen MR) is 81.8 cm³/mol. The standard InChI is InChI=1S/C18H16O4/c1-21-15-9-12-8-14(17(19)11-6-4-3-5-7-11)18(20)13(12)10-16(15)22-2/h3-7,9-10,14H,8H2,1-2H3. The first kappa shape index (κ1) is 14.3. The summed E-state index contributed by atoms with van der Waals surface area (Å²) < 4.78 is 10.5. The molecular weight excluding hydrogens is 280 g/mol. The van der Waals surface area contributed by atoms with Crippen molar-refractivity contribution in [1.82, 2.24) is 0 Å². The topological polar surface area (TPSA) is 52.6 Å². The van der Waals surface area contributed by atoms with Crippen molar-refractivity contribution in [1.29, 1.82) is 0 Å². The fraction of sp³-hybridized carbons (Fsp3) is 0.222. The largest absolute Gasteiger partial charge is 0.493 e. The van der Waals surface area contributed by atoms with E-state index in [9.17, 15) is 9.59 Å². The van der Waals surface area contributed by atoms with Crippen LogP contribution in [0.4, 0.5) is 0 Å². The van der Waals surface area contributed by atoms with Gasteiger partial charge >= 0.3 is 0 Å². The minimum Gasteiger partial charge on any atom is -0.493 e. The smallest absolute Gasteiger partial charge is 0.174 e. The molecule has 4 nitrogen and oxygen atoms in total. The first-order valence-corrected chi connectivity index (χ1v) is 7.04. The van der Waals surface area contributed by atoms with Crippen molar-refractivity contribution in [2.45, 2.75) is 6.42 Å². The van der Waals surface area contributed by atoms with E-state index in [4.69, 9.17) is 9.47 Å². The summed E-state index contributed by atoms with van der Waals surface area (Å²) in [5, 5.41) is 0. The average Bonchev–Trinajstić information content (AvgIpc) is 2.89. The molecule has 0 saturated heterocycles. The third kappa shape index (κ3) is 2.26. The lowest BCUT2D eigenvalue weighted by atomic mass is 9.94. The third-order valence-electron chi connectivity index (χ3n) is 3.99. The van der Waals surface area contributed by atoms with Crippen LogP contribution in [0.2, 0.25) is 0 Å². The van der Waals surface area contributed by atoms with E-state index < -0.39 is 5.92 Å². The van der Waals surface area contributed by atoms with Crippen LogP contribution >= 0.6 is 0 Å². The molecule has 2 aromatic carbocycles. The highest BCUT2D eigenvalue weighted by atomic mass is 16.5. The van der Waals surface area contributed by atoms with Crippen LogP contribution in [0.5, 0.6) is 11.5 Å². The van der Waals surface area contributed by atoms with Crippen molar-refractivity contribution < 1.29 is 19.1 Å². The second-order valence-electron chi connectivity index (χ2n) is 5.22. The summed E-state index contributed by atoms with van der Waals surface area (Å²) in [5.74, 6) is 0.128. The summed E-state index contributed by atoms with van der Waals surface area (Å²) in [6, 6.07) is 12.4. The van der Waals surface area contributed by atoms with E-state index in [-0.39, 0.29) is 11.6 Å². The lowest BCUT2D eigenvalue weighted by Crippen LogP contribution is -2.20. The number of benzene rings is 2. The van der Waals surface area contributed by atoms with E-state index >= 15 is 0 Å². The van der Waals surface area contributed by atoms with Crippen molar-refractivity contribution in [2.24, 2.45) is 5.92 Å². The lowest BCUT2D eigenvalue weighted by molar-refractivity contribution is 0.0822. The molecule has 0 fully saturated rings. The maximum atomic E-state index is 12.6.